The Morgan fingerprint density at radius 1 is 0.923 bits per heavy atom. The maximum atomic E-state index is 12.2. The van der Waals surface area contributed by atoms with E-state index in [1.165, 1.54) is 16.8 Å². The predicted octanol–water partition coefficient (Wildman–Crippen LogP) is 2.97. The van der Waals surface area contributed by atoms with E-state index in [2.05, 4.69) is 53.4 Å². The number of carbonyl (C=O) groups is 1. The molecule has 2 aromatic rings. The Balaban J connectivity index is 1.46. The largest absolute Gasteiger partial charge is 0.369 e. The van der Waals surface area contributed by atoms with Crippen molar-refractivity contribution >= 4 is 11.6 Å². The summed E-state index contributed by atoms with van der Waals surface area (Å²) in [7, 11) is 2.17. The van der Waals surface area contributed by atoms with E-state index in [-0.39, 0.29) is 5.91 Å². The molecular formula is C22H29N3O. The van der Waals surface area contributed by atoms with Gasteiger partial charge in [-0.15, -0.1) is 0 Å². The van der Waals surface area contributed by atoms with E-state index < -0.39 is 0 Å². The number of anilines is 1. The lowest BCUT2D eigenvalue weighted by Crippen LogP contribution is -2.44. The van der Waals surface area contributed by atoms with Gasteiger partial charge in [-0.1, -0.05) is 31.2 Å². The maximum absolute atomic E-state index is 12.2. The van der Waals surface area contributed by atoms with Gasteiger partial charge in [-0.05, 0) is 55.3 Å². The Hall–Kier alpha value is -2.33. The van der Waals surface area contributed by atoms with Crippen LogP contribution in [0.2, 0.25) is 0 Å². The van der Waals surface area contributed by atoms with Crippen LogP contribution in [0.3, 0.4) is 0 Å². The fourth-order valence-corrected chi connectivity index (χ4v) is 3.25. The molecule has 1 saturated heterocycles. The summed E-state index contributed by atoms with van der Waals surface area (Å²) in [5.74, 6) is 0.00158. The van der Waals surface area contributed by atoms with Crippen molar-refractivity contribution < 1.29 is 4.79 Å². The molecule has 3 rings (SSSR count). The number of benzene rings is 2. The number of nitrogens with zero attached hydrogens (tertiary/aromatic N) is 2. The lowest BCUT2D eigenvalue weighted by atomic mass is 10.1. The van der Waals surface area contributed by atoms with Crippen LogP contribution < -0.4 is 10.2 Å². The molecule has 138 valence electrons. The minimum atomic E-state index is 0.00158. The van der Waals surface area contributed by atoms with Crippen LogP contribution in [0.1, 0.15) is 28.4 Å². The van der Waals surface area contributed by atoms with Gasteiger partial charge in [0.15, 0.2) is 0 Å². The monoisotopic (exact) mass is 351 g/mol. The first kappa shape index (κ1) is 18.5. The third-order valence-electron chi connectivity index (χ3n) is 5.13. The second-order valence-corrected chi connectivity index (χ2v) is 7.01. The van der Waals surface area contributed by atoms with Crippen LogP contribution in [-0.2, 0) is 12.8 Å². The molecule has 4 heteroatoms. The molecule has 0 unspecified atom stereocenters. The highest BCUT2D eigenvalue weighted by Crippen LogP contribution is 2.17. The number of piperazine rings is 1. The fraction of sp³-hybridized carbons (Fsp3) is 0.409. The number of amides is 1. The van der Waals surface area contributed by atoms with E-state index in [9.17, 15) is 4.79 Å². The molecule has 0 saturated carbocycles. The summed E-state index contributed by atoms with van der Waals surface area (Å²) in [6.07, 6.45) is 1.84. The molecule has 0 aliphatic carbocycles. The summed E-state index contributed by atoms with van der Waals surface area (Å²) in [5, 5.41) is 3.01. The number of hydrogen-bond donors (Lipinski definition) is 1. The second-order valence-electron chi connectivity index (χ2n) is 7.01. The zero-order valence-electron chi connectivity index (χ0n) is 15.9. The van der Waals surface area contributed by atoms with Crippen molar-refractivity contribution in [1.29, 1.82) is 0 Å². The smallest absolute Gasteiger partial charge is 0.251 e. The van der Waals surface area contributed by atoms with Crippen molar-refractivity contribution in [2.24, 2.45) is 0 Å². The zero-order chi connectivity index (χ0) is 18.4. The van der Waals surface area contributed by atoms with Gasteiger partial charge in [-0.25, -0.2) is 0 Å². The topological polar surface area (TPSA) is 35.6 Å². The highest BCUT2D eigenvalue weighted by molar-refractivity contribution is 5.94. The van der Waals surface area contributed by atoms with Crippen molar-refractivity contribution in [3.05, 3.63) is 65.2 Å². The molecule has 1 fully saturated rings. The first-order valence-electron chi connectivity index (χ1n) is 9.55. The number of carbonyl (C=O) groups excluding carboxylic acids is 1. The lowest BCUT2D eigenvalue weighted by Gasteiger charge is -2.34. The number of hydrogen-bond acceptors (Lipinski definition) is 3. The third kappa shape index (κ3) is 4.85. The lowest BCUT2D eigenvalue weighted by molar-refractivity contribution is 0.0954. The minimum absolute atomic E-state index is 0.00158. The van der Waals surface area contributed by atoms with Gasteiger partial charge < -0.3 is 15.1 Å². The Bertz CT molecular complexity index is 701. The van der Waals surface area contributed by atoms with E-state index in [4.69, 9.17) is 0 Å². The molecule has 4 nitrogen and oxygen atoms in total. The van der Waals surface area contributed by atoms with Crippen LogP contribution >= 0.6 is 0 Å². The summed E-state index contributed by atoms with van der Waals surface area (Å²) in [6.45, 7) is 7.18. The first-order valence-corrected chi connectivity index (χ1v) is 9.55. The van der Waals surface area contributed by atoms with Crippen molar-refractivity contribution in [3.63, 3.8) is 0 Å². The van der Waals surface area contributed by atoms with Crippen molar-refractivity contribution in [1.82, 2.24) is 10.2 Å². The summed E-state index contributed by atoms with van der Waals surface area (Å²) in [6, 6.07) is 16.6. The standard InChI is InChI=1S/C22H29N3O/c1-3-18-4-8-20(9-5-18)22(26)23-13-12-19-6-10-21(11-7-19)25-16-14-24(2)15-17-25/h4-11H,3,12-17H2,1-2H3,(H,23,26). The van der Waals surface area contributed by atoms with Crippen LogP contribution in [-0.4, -0.2) is 50.6 Å². The summed E-state index contributed by atoms with van der Waals surface area (Å²) in [5.41, 5.74) is 4.53. The second kappa shape index (κ2) is 8.86. The van der Waals surface area contributed by atoms with Gasteiger partial charge in [0, 0.05) is 44.0 Å². The van der Waals surface area contributed by atoms with Gasteiger partial charge >= 0.3 is 0 Å². The molecule has 0 radical (unpaired) electrons. The first-order chi connectivity index (χ1) is 12.7. The van der Waals surface area contributed by atoms with Gasteiger partial charge in [0.1, 0.15) is 0 Å². The van der Waals surface area contributed by atoms with Crippen LogP contribution in [0.15, 0.2) is 48.5 Å². The number of nitrogens with one attached hydrogen (secondary N) is 1. The van der Waals surface area contributed by atoms with Crippen molar-refractivity contribution in [3.8, 4) is 0 Å². The van der Waals surface area contributed by atoms with E-state index in [0.29, 0.717) is 6.54 Å². The fourth-order valence-electron chi connectivity index (χ4n) is 3.25. The van der Waals surface area contributed by atoms with E-state index in [1.807, 2.05) is 24.3 Å². The molecule has 1 amide bonds. The van der Waals surface area contributed by atoms with Crippen molar-refractivity contribution in [2.45, 2.75) is 19.8 Å². The molecule has 1 heterocycles. The molecule has 0 aromatic heterocycles. The van der Waals surface area contributed by atoms with Crippen LogP contribution in [0.5, 0.6) is 0 Å². The normalized spacial score (nSPS) is 15.1. The van der Waals surface area contributed by atoms with Crippen LogP contribution in [0, 0.1) is 0 Å². The highest BCUT2D eigenvalue weighted by atomic mass is 16.1. The summed E-state index contributed by atoms with van der Waals surface area (Å²) < 4.78 is 0. The van der Waals surface area contributed by atoms with E-state index >= 15 is 0 Å². The molecule has 0 bridgehead atoms. The molecule has 1 aliphatic rings. The van der Waals surface area contributed by atoms with E-state index in [0.717, 1.165) is 44.6 Å². The third-order valence-corrected chi connectivity index (χ3v) is 5.13. The van der Waals surface area contributed by atoms with Crippen molar-refractivity contribution in [2.75, 3.05) is 44.7 Å². The Morgan fingerprint density at radius 2 is 1.54 bits per heavy atom. The van der Waals surface area contributed by atoms with Gasteiger partial charge in [-0.2, -0.15) is 0 Å². The van der Waals surface area contributed by atoms with Gasteiger partial charge in [0.2, 0.25) is 0 Å². The molecule has 26 heavy (non-hydrogen) atoms. The van der Waals surface area contributed by atoms with Crippen LogP contribution in [0.25, 0.3) is 0 Å². The number of rotatable bonds is 6. The predicted molar refractivity (Wildman–Crippen MR) is 108 cm³/mol. The minimum Gasteiger partial charge on any atom is -0.369 e. The Morgan fingerprint density at radius 3 is 2.15 bits per heavy atom. The molecule has 0 spiro atoms. The SMILES string of the molecule is CCc1ccc(C(=O)NCCc2ccc(N3CCN(C)CC3)cc2)cc1. The average molecular weight is 351 g/mol. The number of aryl methyl sites for hydroxylation is 1. The molecular weight excluding hydrogens is 322 g/mol. The molecule has 2 aromatic carbocycles. The van der Waals surface area contributed by atoms with Crippen LogP contribution in [0.4, 0.5) is 5.69 Å². The quantitative estimate of drug-likeness (QED) is 0.869. The highest BCUT2D eigenvalue weighted by Gasteiger charge is 2.13. The summed E-state index contributed by atoms with van der Waals surface area (Å²) >= 11 is 0. The van der Waals surface area contributed by atoms with Gasteiger partial charge in [-0.3, -0.25) is 4.79 Å². The molecule has 0 atom stereocenters. The molecule has 1 N–H and O–H groups in total. The Labute approximate surface area is 156 Å². The van der Waals surface area contributed by atoms with Gasteiger partial charge in [0.05, 0.1) is 0 Å². The van der Waals surface area contributed by atoms with Gasteiger partial charge in [0.25, 0.3) is 5.91 Å². The molecule has 1 aliphatic heterocycles. The maximum Gasteiger partial charge on any atom is 0.251 e. The zero-order valence-corrected chi connectivity index (χ0v) is 15.9. The number of likely N-dealkylation sites (N-methyl/N-ethyl adjacent to an activating group) is 1. The van der Waals surface area contributed by atoms with E-state index in [1.54, 1.807) is 0 Å². The summed E-state index contributed by atoms with van der Waals surface area (Å²) in [4.78, 5) is 17.0. The average Bonchev–Trinajstić information content (AvgIpc) is 2.69. The Kier molecular flexibility index (Phi) is 6.29.